The number of likely N-dealkylation sites (tertiary alicyclic amines) is 1. The van der Waals surface area contributed by atoms with Crippen molar-refractivity contribution in [3.63, 3.8) is 0 Å². The van der Waals surface area contributed by atoms with Gasteiger partial charge in [-0.2, -0.15) is 0 Å². The number of imidazole rings is 1. The molecule has 2 unspecified atom stereocenters. The lowest BCUT2D eigenvalue weighted by atomic mass is 10.1. The van der Waals surface area contributed by atoms with Crippen LogP contribution in [0.3, 0.4) is 0 Å². The van der Waals surface area contributed by atoms with E-state index < -0.39 is 0 Å². The van der Waals surface area contributed by atoms with Crippen molar-refractivity contribution in [2.45, 2.75) is 64.1 Å². The van der Waals surface area contributed by atoms with Gasteiger partial charge >= 0.3 is 0 Å². The highest BCUT2D eigenvalue weighted by Gasteiger charge is 2.26. The molecule has 1 aromatic heterocycles. The Labute approximate surface area is 126 Å². The third-order valence-electron chi connectivity index (χ3n) is 4.85. The minimum atomic E-state index is -0.00714. The van der Waals surface area contributed by atoms with Crippen LogP contribution < -0.4 is 5.32 Å². The quantitative estimate of drug-likeness (QED) is 0.919. The van der Waals surface area contributed by atoms with E-state index in [-0.39, 0.29) is 18.0 Å². The highest BCUT2D eigenvalue weighted by Crippen LogP contribution is 2.15. The standard InChI is InChI=1S/C16H26N4O/c1-13(19-9-4-2-3-5-10-19)16(21)18-14-6-7-15-17-8-11-20(15)12-14/h8,11,13-14H,2-7,9-10,12H2,1H3,(H,18,21). The molecule has 0 spiro atoms. The van der Waals surface area contributed by atoms with Crippen LogP contribution >= 0.6 is 0 Å². The van der Waals surface area contributed by atoms with Gasteiger partial charge in [0.05, 0.1) is 6.04 Å². The summed E-state index contributed by atoms with van der Waals surface area (Å²) in [6.45, 7) is 5.02. The molecular weight excluding hydrogens is 264 g/mol. The van der Waals surface area contributed by atoms with Gasteiger partial charge in [0.15, 0.2) is 0 Å². The molecule has 3 heterocycles. The molecule has 0 aliphatic carbocycles. The highest BCUT2D eigenvalue weighted by atomic mass is 16.2. The Balaban J connectivity index is 1.54. The Kier molecular flexibility index (Phi) is 4.58. The Morgan fingerprint density at radius 3 is 2.86 bits per heavy atom. The minimum Gasteiger partial charge on any atom is -0.350 e. The van der Waals surface area contributed by atoms with Gasteiger partial charge in [-0.1, -0.05) is 12.8 Å². The first-order valence-corrected chi connectivity index (χ1v) is 8.28. The molecule has 2 aliphatic heterocycles. The van der Waals surface area contributed by atoms with Gasteiger partial charge in [0.2, 0.25) is 5.91 Å². The summed E-state index contributed by atoms with van der Waals surface area (Å²) in [5.41, 5.74) is 0. The van der Waals surface area contributed by atoms with E-state index in [1.165, 1.54) is 25.7 Å². The largest absolute Gasteiger partial charge is 0.350 e. The Bertz CT molecular complexity index is 476. The molecule has 1 fully saturated rings. The van der Waals surface area contributed by atoms with Gasteiger partial charge in [0.25, 0.3) is 0 Å². The smallest absolute Gasteiger partial charge is 0.237 e. The van der Waals surface area contributed by atoms with Crippen LogP contribution in [0.5, 0.6) is 0 Å². The molecule has 0 saturated carbocycles. The van der Waals surface area contributed by atoms with Crippen molar-refractivity contribution in [1.29, 1.82) is 0 Å². The molecule has 1 amide bonds. The molecule has 1 aromatic rings. The van der Waals surface area contributed by atoms with E-state index >= 15 is 0 Å². The maximum absolute atomic E-state index is 12.5. The summed E-state index contributed by atoms with van der Waals surface area (Å²) in [6, 6.07) is 0.237. The lowest BCUT2D eigenvalue weighted by Crippen LogP contribution is -2.50. The number of hydrogen-bond acceptors (Lipinski definition) is 3. The van der Waals surface area contributed by atoms with Crippen LogP contribution in [-0.4, -0.2) is 45.5 Å². The lowest BCUT2D eigenvalue weighted by Gasteiger charge is -2.30. The number of nitrogens with one attached hydrogen (secondary N) is 1. The molecule has 3 rings (SSSR count). The monoisotopic (exact) mass is 290 g/mol. The highest BCUT2D eigenvalue weighted by molar-refractivity contribution is 5.81. The summed E-state index contributed by atoms with van der Waals surface area (Å²) < 4.78 is 2.16. The van der Waals surface area contributed by atoms with E-state index in [0.29, 0.717) is 0 Å². The molecule has 2 aliphatic rings. The van der Waals surface area contributed by atoms with E-state index in [1.807, 2.05) is 19.3 Å². The zero-order valence-corrected chi connectivity index (χ0v) is 12.9. The second-order valence-electron chi connectivity index (χ2n) is 6.37. The van der Waals surface area contributed by atoms with Gasteiger partial charge < -0.3 is 9.88 Å². The number of aryl methyl sites for hydroxylation is 1. The van der Waals surface area contributed by atoms with Crippen molar-refractivity contribution in [3.8, 4) is 0 Å². The van der Waals surface area contributed by atoms with Crippen LogP contribution in [0.1, 0.15) is 44.9 Å². The predicted octanol–water partition coefficient (Wildman–Crippen LogP) is 1.58. The van der Waals surface area contributed by atoms with Crippen molar-refractivity contribution in [2.75, 3.05) is 13.1 Å². The molecule has 2 atom stereocenters. The summed E-state index contributed by atoms with van der Waals surface area (Å²) in [5, 5.41) is 3.24. The van der Waals surface area contributed by atoms with E-state index in [1.54, 1.807) is 0 Å². The Morgan fingerprint density at radius 2 is 2.10 bits per heavy atom. The molecule has 1 N–H and O–H groups in total. The molecule has 5 heteroatoms. The normalized spacial score (nSPS) is 24.9. The number of nitrogens with zero attached hydrogens (tertiary/aromatic N) is 3. The third-order valence-corrected chi connectivity index (χ3v) is 4.85. The van der Waals surface area contributed by atoms with Gasteiger partial charge in [-0.3, -0.25) is 9.69 Å². The van der Waals surface area contributed by atoms with Gasteiger partial charge in [0, 0.05) is 31.4 Å². The molecule has 0 aromatic carbocycles. The van der Waals surface area contributed by atoms with E-state index in [9.17, 15) is 4.79 Å². The third kappa shape index (κ3) is 3.46. The van der Waals surface area contributed by atoms with Crippen molar-refractivity contribution >= 4 is 5.91 Å². The van der Waals surface area contributed by atoms with Crippen LogP contribution in [0, 0.1) is 0 Å². The zero-order valence-electron chi connectivity index (χ0n) is 12.9. The van der Waals surface area contributed by atoms with Gasteiger partial charge in [0.1, 0.15) is 5.82 Å². The fourth-order valence-electron chi connectivity index (χ4n) is 3.45. The first-order valence-electron chi connectivity index (χ1n) is 8.28. The van der Waals surface area contributed by atoms with Crippen LogP contribution in [0.15, 0.2) is 12.4 Å². The lowest BCUT2D eigenvalue weighted by molar-refractivity contribution is -0.126. The Morgan fingerprint density at radius 1 is 1.33 bits per heavy atom. The number of carbonyl (C=O) groups is 1. The number of amides is 1. The van der Waals surface area contributed by atoms with Crippen LogP contribution in [0.25, 0.3) is 0 Å². The second-order valence-corrected chi connectivity index (χ2v) is 6.37. The van der Waals surface area contributed by atoms with Crippen molar-refractivity contribution in [3.05, 3.63) is 18.2 Å². The first kappa shape index (κ1) is 14.6. The molecule has 116 valence electrons. The fraction of sp³-hybridized carbons (Fsp3) is 0.750. The number of hydrogen-bond donors (Lipinski definition) is 1. The molecule has 21 heavy (non-hydrogen) atoms. The molecular formula is C16H26N4O. The molecule has 0 radical (unpaired) electrons. The van der Waals surface area contributed by atoms with E-state index in [2.05, 4.69) is 19.8 Å². The van der Waals surface area contributed by atoms with Crippen molar-refractivity contribution in [1.82, 2.24) is 19.8 Å². The average molecular weight is 290 g/mol. The SMILES string of the molecule is CC(C(=O)NC1CCc2nccn2C1)N1CCCCCC1. The van der Waals surface area contributed by atoms with Gasteiger partial charge in [-0.05, 0) is 39.3 Å². The fourth-order valence-corrected chi connectivity index (χ4v) is 3.45. The van der Waals surface area contributed by atoms with E-state index in [4.69, 9.17) is 0 Å². The summed E-state index contributed by atoms with van der Waals surface area (Å²) in [5.74, 6) is 1.33. The van der Waals surface area contributed by atoms with Crippen molar-refractivity contribution < 1.29 is 4.79 Å². The zero-order chi connectivity index (χ0) is 14.7. The minimum absolute atomic E-state index is 0.00714. The van der Waals surface area contributed by atoms with E-state index in [0.717, 1.165) is 38.3 Å². The van der Waals surface area contributed by atoms with Gasteiger partial charge in [-0.15, -0.1) is 0 Å². The predicted molar refractivity (Wildman–Crippen MR) is 82.0 cm³/mol. The topological polar surface area (TPSA) is 50.2 Å². The number of aromatic nitrogens is 2. The summed E-state index contributed by atoms with van der Waals surface area (Å²) in [4.78, 5) is 19.2. The molecule has 1 saturated heterocycles. The van der Waals surface area contributed by atoms with Crippen LogP contribution in [0.2, 0.25) is 0 Å². The summed E-state index contributed by atoms with van der Waals surface area (Å²) >= 11 is 0. The first-order chi connectivity index (χ1) is 10.2. The molecule has 0 bridgehead atoms. The maximum Gasteiger partial charge on any atom is 0.237 e. The summed E-state index contributed by atoms with van der Waals surface area (Å²) in [7, 11) is 0. The van der Waals surface area contributed by atoms with Crippen LogP contribution in [0.4, 0.5) is 0 Å². The average Bonchev–Trinajstić information content (AvgIpc) is 2.78. The molecule has 5 nitrogen and oxygen atoms in total. The number of rotatable bonds is 3. The van der Waals surface area contributed by atoms with Crippen LogP contribution in [-0.2, 0) is 17.8 Å². The second kappa shape index (κ2) is 6.60. The van der Waals surface area contributed by atoms with Crippen molar-refractivity contribution in [2.24, 2.45) is 0 Å². The maximum atomic E-state index is 12.5. The Hall–Kier alpha value is -1.36. The summed E-state index contributed by atoms with van der Waals surface area (Å²) in [6.07, 6.45) is 10.9. The number of fused-ring (bicyclic) bond motifs is 1. The van der Waals surface area contributed by atoms with Gasteiger partial charge in [-0.25, -0.2) is 4.98 Å². The number of carbonyl (C=O) groups excluding carboxylic acids is 1.